The fourth-order valence-corrected chi connectivity index (χ4v) is 1.85. The predicted molar refractivity (Wildman–Crippen MR) is 69.8 cm³/mol. The smallest absolute Gasteiger partial charge is 0.143 e. The van der Waals surface area contributed by atoms with E-state index in [1.807, 2.05) is 6.07 Å². The van der Waals surface area contributed by atoms with Crippen molar-refractivity contribution in [3.8, 4) is 6.07 Å². The van der Waals surface area contributed by atoms with Gasteiger partial charge in [-0.25, -0.2) is 8.78 Å². The number of hydrogen-bond acceptors (Lipinski definition) is 2. The molecule has 0 bridgehead atoms. The van der Waals surface area contributed by atoms with Crippen LogP contribution >= 0.6 is 11.6 Å². The lowest BCUT2D eigenvalue weighted by Crippen LogP contribution is -2.10. The Balaban J connectivity index is 2.31. The quantitative estimate of drug-likeness (QED) is 0.909. The van der Waals surface area contributed by atoms with Crippen molar-refractivity contribution in [1.29, 1.82) is 5.26 Å². The molecule has 1 atom stereocenters. The first-order valence-electron chi connectivity index (χ1n) is 5.47. The molecule has 0 radical (unpaired) electrons. The van der Waals surface area contributed by atoms with Crippen LogP contribution in [-0.2, 0) is 0 Å². The molecule has 0 amide bonds. The van der Waals surface area contributed by atoms with Crippen molar-refractivity contribution in [2.75, 3.05) is 5.32 Å². The Kier molecular flexibility index (Phi) is 3.98. The lowest BCUT2D eigenvalue weighted by atomic mass is 10.1. The Hall–Kier alpha value is -2.12. The second-order valence-electron chi connectivity index (χ2n) is 3.88. The van der Waals surface area contributed by atoms with Crippen LogP contribution in [0.1, 0.15) is 11.6 Å². The van der Waals surface area contributed by atoms with Crippen LogP contribution in [0.5, 0.6) is 0 Å². The number of anilines is 1. The third-order valence-electron chi connectivity index (χ3n) is 2.53. The van der Waals surface area contributed by atoms with Gasteiger partial charge >= 0.3 is 0 Å². The number of benzene rings is 2. The van der Waals surface area contributed by atoms with E-state index in [1.54, 1.807) is 24.3 Å². The maximum absolute atomic E-state index is 13.6. The number of nitrogens with zero attached hydrogens (tertiary/aromatic N) is 1. The van der Waals surface area contributed by atoms with Gasteiger partial charge in [-0.05, 0) is 36.4 Å². The summed E-state index contributed by atoms with van der Waals surface area (Å²) >= 11 is 5.82. The van der Waals surface area contributed by atoms with Gasteiger partial charge in [-0.1, -0.05) is 17.7 Å². The SMILES string of the molecule is N#CC(Nc1cccc(Cl)c1)c1cc(F)ccc1F. The van der Waals surface area contributed by atoms with Gasteiger partial charge in [-0.3, -0.25) is 0 Å². The van der Waals surface area contributed by atoms with Crippen molar-refractivity contribution in [2.45, 2.75) is 6.04 Å². The topological polar surface area (TPSA) is 35.8 Å². The number of hydrogen-bond donors (Lipinski definition) is 1. The first kappa shape index (κ1) is 13.3. The van der Waals surface area contributed by atoms with Gasteiger partial charge in [0.05, 0.1) is 6.07 Å². The van der Waals surface area contributed by atoms with E-state index in [9.17, 15) is 8.78 Å². The molecule has 0 saturated heterocycles. The molecular formula is C14H9ClF2N2. The molecule has 0 aromatic heterocycles. The summed E-state index contributed by atoms with van der Waals surface area (Å²) in [6.45, 7) is 0. The Morgan fingerprint density at radius 2 is 1.95 bits per heavy atom. The van der Waals surface area contributed by atoms with Crippen LogP contribution in [0.25, 0.3) is 0 Å². The summed E-state index contributed by atoms with van der Waals surface area (Å²) < 4.78 is 26.7. The average molecular weight is 279 g/mol. The van der Waals surface area contributed by atoms with E-state index in [4.69, 9.17) is 16.9 Å². The fourth-order valence-electron chi connectivity index (χ4n) is 1.66. The summed E-state index contributed by atoms with van der Waals surface area (Å²) in [4.78, 5) is 0. The van der Waals surface area contributed by atoms with Crippen molar-refractivity contribution in [3.63, 3.8) is 0 Å². The molecule has 5 heteroatoms. The van der Waals surface area contributed by atoms with Crippen molar-refractivity contribution >= 4 is 17.3 Å². The van der Waals surface area contributed by atoms with E-state index < -0.39 is 17.7 Å². The normalized spacial score (nSPS) is 11.7. The third kappa shape index (κ3) is 3.21. The molecule has 0 spiro atoms. The third-order valence-corrected chi connectivity index (χ3v) is 2.77. The van der Waals surface area contributed by atoms with Crippen LogP contribution in [-0.4, -0.2) is 0 Å². The van der Waals surface area contributed by atoms with Crippen LogP contribution in [0.15, 0.2) is 42.5 Å². The van der Waals surface area contributed by atoms with Gasteiger partial charge in [-0.2, -0.15) is 5.26 Å². The van der Waals surface area contributed by atoms with Gasteiger partial charge in [0.1, 0.15) is 17.7 Å². The van der Waals surface area contributed by atoms with Crippen LogP contribution in [0.3, 0.4) is 0 Å². The first-order chi connectivity index (χ1) is 9.10. The molecule has 2 aromatic rings. The molecule has 0 fully saturated rings. The Bertz CT molecular complexity index is 638. The summed E-state index contributed by atoms with van der Waals surface area (Å²) in [5, 5.41) is 12.4. The van der Waals surface area contributed by atoms with Gasteiger partial charge in [0.15, 0.2) is 0 Å². The Labute approximate surface area is 114 Å². The number of nitrogens with one attached hydrogen (secondary N) is 1. The molecule has 1 N–H and O–H groups in total. The highest BCUT2D eigenvalue weighted by atomic mass is 35.5. The maximum Gasteiger partial charge on any atom is 0.143 e. The van der Waals surface area contributed by atoms with E-state index in [0.29, 0.717) is 10.7 Å². The van der Waals surface area contributed by atoms with E-state index in [2.05, 4.69) is 5.32 Å². The van der Waals surface area contributed by atoms with Gasteiger partial charge < -0.3 is 5.32 Å². The van der Waals surface area contributed by atoms with E-state index >= 15 is 0 Å². The van der Waals surface area contributed by atoms with E-state index in [1.165, 1.54) is 0 Å². The second kappa shape index (κ2) is 5.68. The highest BCUT2D eigenvalue weighted by Crippen LogP contribution is 2.24. The molecule has 2 nitrogen and oxygen atoms in total. The summed E-state index contributed by atoms with van der Waals surface area (Å²) in [6.07, 6.45) is 0. The molecule has 1 unspecified atom stereocenters. The second-order valence-corrected chi connectivity index (χ2v) is 4.32. The summed E-state index contributed by atoms with van der Waals surface area (Å²) in [5.74, 6) is -1.23. The lowest BCUT2D eigenvalue weighted by molar-refractivity contribution is 0.583. The average Bonchev–Trinajstić information content (AvgIpc) is 2.39. The minimum absolute atomic E-state index is 0.0394. The Morgan fingerprint density at radius 1 is 1.16 bits per heavy atom. The molecule has 0 aliphatic carbocycles. The summed E-state index contributed by atoms with van der Waals surface area (Å²) in [7, 11) is 0. The van der Waals surface area contributed by atoms with Gasteiger partial charge in [0.25, 0.3) is 0 Å². The number of halogens is 3. The largest absolute Gasteiger partial charge is 0.366 e. The fraction of sp³-hybridized carbons (Fsp3) is 0.0714. The lowest BCUT2D eigenvalue weighted by Gasteiger charge is -2.14. The zero-order valence-corrected chi connectivity index (χ0v) is 10.5. The van der Waals surface area contributed by atoms with Crippen molar-refractivity contribution in [2.24, 2.45) is 0 Å². The standard InChI is InChI=1S/C14H9ClF2N2/c15-9-2-1-3-11(6-9)19-14(8-18)12-7-10(16)4-5-13(12)17/h1-7,14,19H. The van der Waals surface area contributed by atoms with Crippen LogP contribution < -0.4 is 5.32 Å². The molecule has 0 aliphatic rings. The van der Waals surface area contributed by atoms with Crippen LogP contribution in [0.2, 0.25) is 5.02 Å². The summed E-state index contributed by atoms with van der Waals surface area (Å²) in [6, 6.07) is 10.6. The molecule has 2 aromatic carbocycles. The van der Waals surface area contributed by atoms with Crippen molar-refractivity contribution in [1.82, 2.24) is 0 Å². The molecular weight excluding hydrogens is 270 g/mol. The van der Waals surface area contributed by atoms with Gasteiger partial charge in [-0.15, -0.1) is 0 Å². The zero-order chi connectivity index (χ0) is 13.8. The Morgan fingerprint density at radius 3 is 2.63 bits per heavy atom. The van der Waals surface area contributed by atoms with E-state index in [0.717, 1.165) is 18.2 Å². The summed E-state index contributed by atoms with van der Waals surface area (Å²) in [5.41, 5.74) is 0.519. The molecule has 0 aliphatic heterocycles. The molecule has 0 heterocycles. The van der Waals surface area contributed by atoms with Crippen molar-refractivity contribution in [3.05, 3.63) is 64.7 Å². The van der Waals surface area contributed by atoms with Crippen molar-refractivity contribution < 1.29 is 8.78 Å². The molecule has 19 heavy (non-hydrogen) atoms. The monoisotopic (exact) mass is 278 g/mol. The van der Waals surface area contributed by atoms with Gasteiger partial charge in [0.2, 0.25) is 0 Å². The zero-order valence-electron chi connectivity index (χ0n) is 9.70. The molecule has 96 valence electrons. The van der Waals surface area contributed by atoms with Crippen LogP contribution in [0, 0.1) is 23.0 Å². The minimum Gasteiger partial charge on any atom is -0.366 e. The number of rotatable bonds is 3. The predicted octanol–water partition coefficient (Wildman–Crippen LogP) is 4.29. The van der Waals surface area contributed by atoms with Crippen LogP contribution in [0.4, 0.5) is 14.5 Å². The number of nitriles is 1. The van der Waals surface area contributed by atoms with E-state index in [-0.39, 0.29) is 5.56 Å². The van der Waals surface area contributed by atoms with Gasteiger partial charge in [0, 0.05) is 16.3 Å². The highest BCUT2D eigenvalue weighted by Gasteiger charge is 2.16. The highest BCUT2D eigenvalue weighted by molar-refractivity contribution is 6.30. The molecule has 2 rings (SSSR count). The minimum atomic E-state index is -0.992. The maximum atomic E-state index is 13.6. The molecule has 0 saturated carbocycles. The first-order valence-corrected chi connectivity index (χ1v) is 5.84.